The third kappa shape index (κ3) is 2.77. The molecule has 1 rings (SSSR count). The molecule has 0 aliphatic rings. The van der Waals surface area contributed by atoms with Gasteiger partial charge in [-0.1, -0.05) is 23.2 Å². The molecule has 0 unspecified atom stereocenters. The molecular weight excluding hydrogens is 225 g/mol. The lowest BCUT2D eigenvalue weighted by Gasteiger charge is -2.12. The van der Waals surface area contributed by atoms with Crippen molar-refractivity contribution in [3.8, 4) is 0 Å². The largest absolute Gasteiger partial charge is 0.335 e. The molecule has 14 heavy (non-hydrogen) atoms. The number of hydrazine groups is 1. The van der Waals surface area contributed by atoms with E-state index in [0.29, 0.717) is 15.7 Å². The number of halogens is 2. The molecule has 0 radical (unpaired) electrons. The highest BCUT2D eigenvalue weighted by atomic mass is 35.5. The van der Waals surface area contributed by atoms with E-state index in [1.165, 1.54) is 7.05 Å². The van der Waals surface area contributed by atoms with Gasteiger partial charge in [0.05, 0.1) is 10.7 Å². The lowest BCUT2D eigenvalue weighted by molar-refractivity contribution is 0.223. The smallest absolute Gasteiger partial charge is 0.305 e. The van der Waals surface area contributed by atoms with Gasteiger partial charge in [0.15, 0.2) is 0 Å². The van der Waals surface area contributed by atoms with E-state index >= 15 is 0 Å². The van der Waals surface area contributed by atoms with Crippen molar-refractivity contribution in [3.05, 3.63) is 28.2 Å². The van der Waals surface area contributed by atoms with Crippen molar-refractivity contribution in [1.82, 2.24) is 5.01 Å². The monoisotopic (exact) mass is 233 g/mol. The molecule has 0 bridgehead atoms. The molecule has 0 aromatic heterocycles. The van der Waals surface area contributed by atoms with Crippen molar-refractivity contribution in [2.24, 2.45) is 5.84 Å². The van der Waals surface area contributed by atoms with Crippen LogP contribution in [0.25, 0.3) is 0 Å². The van der Waals surface area contributed by atoms with Crippen molar-refractivity contribution in [2.75, 3.05) is 12.4 Å². The molecule has 1 aromatic carbocycles. The van der Waals surface area contributed by atoms with Gasteiger partial charge >= 0.3 is 6.03 Å². The van der Waals surface area contributed by atoms with Gasteiger partial charge in [-0.25, -0.2) is 10.6 Å². The maximum absolute atomic E-state index is 11.2. The summed E-state index contributed by atoms with van der Waals surface area (Å²) in [6.07, 6.45) is 0. The van der Waals surface area contributed by atoms with Crippen LogP contribution >= 0.6 is 23.2 Å². The molecule has 76 valence electrons. The van der Waals surface area contributed by atoms with Crippen molar-refractivity contribution in [1.29, 1.82) is 0 Å². The lowest BCUT2D eigenvalue weighted by atomic mass is 10.3. The molecule has 6 heteroatoms. The molecule has 0 atom stereocenters. The van der Waals surface area contributed by atoms with E-state index in [2.05, 4.69) is 5.32 Å². The first-order valence-electron chi connectivity index (χ1n) is 3.75. The maximum Gasteiger partial charge on any atom is 0.335 e. The number of hydrogen-bond donors (Lipinski definition) is 2. The summed E-state index contributed by atoms with van der Waals surface area (Å²) in [5.74, 6) is 5.22. The molecule has 0 spiro atoms. The molecule has 3 N–H and O–H groups in total. The summed E-state index contributed by atoms with van der Waals surface area (Å²) in [5.41, 5.74) is 0.432. The van der Waals surface area contributed by atoms with Gasteiger partial charge < -0.3 is 5.32 Å². The van der Waals surface area contributed by atoms with Crippen LogP contribution in [0.1, 0.15) is 0 Å². The minimum absolute atomic E-state index is 0.407. The van der Waals surface area contributed by atoms with Gasteiger partial charge in [0, 0.05) is 12.1 Å². The van der Waals surface area contributed by atoms with E-state index in [4.69, 9.17) is 29.0 Å². The third-order valence-electron chi connectivity index (χ3n) is 1.49. The van der Waals surface area contributed by atoms with E-state index in [1.54, 1.807) is 18.2 Å². The fourth-order valence-corrected chi connectivity index (χ4v) is 1.13. The van der Waals surface area contributed by atoms with Crippen molar-refractivity contribution in [3.63, 3.8) is 0 Å². The zero-order chi connectivity index (χ0) is 10.7. The Morgan fingerprint density at radius 2 is 2.14 bits per heavy atom. The molecule has 0 fully saturated rings. The number of rotatable bonds is 1. The number of carbonyl (C=O) groups excluding carboxylic acids is 1. The number of anilines is 1. The second-order valence-electron chi connectivity index (χ2n) is 2.67. The summed E-state index contributed by atoms with van der Waals surface area (Å²) in [5, 5.41) is 4.31. The molecule has 2 amide bonds. The number of carbonyl (C=O) groups is 1. The molecule has 0 aliphatic heterocycles. The zero-order valence-electron chi connectivity index (χ0n) is 7.42. The van der Waals surface area contributed by atoms with E-state index < -0.39 is 6.03 Å². The molecule has 0 heterocycles. The molecular formula is C8H9Cl2N3O. The van der Waals surface area contributed by atoms with Gasteiger partial charge in [0.2, 0.25) is 0 Å². The summed E-state index contributed by atoms with van der Waals surface area (Å²) >= 11 is 11.5. The fraction of sp³-hybridized carbons (Fsp3) is 0.125. The van der Waals surface area contributed by atoms with E-state index in [1.807, 2.05) is 0 Å². The SMILES string of the molecule is CN(N)C(=O)Nc1cc(Cl)ccc1Cl. The van der Waals surface area contributed by atoms with Crippen LogP contribution in [-0.4, -0.2) is 18.1 Å². The lowest BCUT2D eigenvalue weighted by Crippen LogP contribution is -2.36. The minimum Gasteiger partial charge on any atom is -0.305 e. The number of amides is 2. The first kappa shape index (κ1) is 11.1. The maximum atomic E-state index is 11.2. The van der Waals surface area contributed by atoms with Gasteiger partial charge in [0.25, 0.3) is 0 Å². The summed E-state index contributed by atoms with van der Waals surface area (Å²) < 4.78 is 0. The van der Waals surface area contributed by atoms with Crippen LogP contribution in [0.3, 0.4) is 0 Å². The topological polar surface area (TPSA) is 58.4 Å². The molecule has 0 saturated heterocycles. The fourth-order valence-electron chi connectivity index (χ4n) is 0.797. The standard InChI is InChI=1S/C8H9Cl2N3O/c1-13(11)8(14)12-7-4-5(9)2-3-6(7)10/h2-4H,11H2,1H3,(H,12,14). The minimum atomic E-state index is -0.464. The number of urea groups is 1. The Kier molecular flexibility index (Phi) is 3.57. The van der Waals surface area contributed by atoms with E-state index in [-0.39, 0.29) is 0 Å². The van der Waals surface area contributed by atoms with Crippen LogP contribution in [0.5, 0.6) is 0 Å². The summed E-state index contributed by atoms with van der Waals surface area (Å²) in [7, 11) is 1.42. The van der Waals surface area contributed by atoms with Gasteiger partial charge in [-0.2, -0.15) is 0 Å². The molecule has 0 saturated carbocycles. The highest BCUT2D eigenvalue weighted by molar-refractivity contribution is 6.35. The van der Waals surface area contributed by atoms with Crippen LogP contribution in [0.4, 0.5) is 10.5 Å². The second kappa shape index (κ2) is 4.50. The molecule has 4 nitrogen and oxygen atoms in total. The first-order chi connectivity index (χ1) is 6.50. The quantitative estimate of drug-likeness (QED) is 0.445. The number of hydrogen-bond acceptors (Lipinski definition) is 2. The van der Waals surface area contributed by atoms with Crippen molar-refractivity contribution >= 4 is 34.9 Å². The Morgan fingerprint density at radius 3 is 2.71 bits per heavy atom. The summed E-state index contributed by atoms with van der Waals surface area (Å²) in [6.45, 7) is 0. The first-order valence-corrected chi connectivity index (χ1v) is 4.51. The Balaban J connectivity index is 2.86. The number of nitrogens with zero attached hydrogens (tertiary/aromatic N) is 1. The van der Waals surface area contributed by atoms with Crippen LogP contribution in [-0.2, 0) is 0 Å². The average molecular weight is 234 g/mol. The summed E-state index contributed by atoms with van der Waals surface area (Å²) in [6, 6.07) is 4.31. The molecule has 1 aromatic rings. The Bertz CT molecular complexity index is 354. The highest BCUT2D eigenvalue weighted by Crippen LogP contribution is 2.25. The van der Waals surface area contributed by atoms with Crippen LogP contribution in [0.15, 0.2) is 18.2 Å². The average Bonchev–Trinajstić information content (AvgIpc) is 2.11. The summed E-state index contributed by atoms with van der Waals surface area (Å²) in [4.78, 5) is 11.2. The van der Waals surface area contributed by atoms with Crippen molar-refractivity contribution < 1.29 is 4.79 Å². The van der Waals surface area contributed by atoms with Crippen LogP contribution in [0, 0.1) is 0 Å². The number of benzene rings is 1. The van der Waals surface area contributed by atoms with Gasteiger partial charge in [-0.05, 0) is 18.2 Å². The number of nitrogens with one attached hydrogen (secondary N) is 1. The van der Waals surface area contributed by atoms with Crippen LogP contribution in [0.2, 0.25) is 10.0 Å². The van der Waals surface area contributed by atoms with Crippen molar-refractivity contribution in [2.45, 2.75) is 0 Å². The highest BCUT2D eigenvalue weighted by Gasteiger charge is 2.07. The van der Waals surface area contributed by atoms with E-state index in [0.717, 1.165) is 5.01 Å². The van der Waals surface area contributed by atoms with Gasteiger partial charge in [-0.15, -0.1) is 0 Å². The van der Waals surface area contributed by atoms with Gasteiger partial charge in [-0.3, -0.25) is 5.01 Å². The normalized spacial score (nSPS) is 9.71. The zero-order valence-corrected chi connectivity index (χ0v) is 8.93. The Labute approximate surface area is 91.5 Å². The Hall–Kier alpha value is -0.970. The Morgan fingerprint density at radius 1 is 1.50 bits per heavy atom. The second-order valence-corrected chi connectivity index (χ2v) is 3.51. The van der Waals surface area contributed by atoms with Crippen LogP contribution < -0.4 is 11.2 Å². The predicted octanol–water partition coefficient (Wildman–Crippen LogP) is 2.33. The molecule has 0 aliphatic carbocycles. The van der Waals surface area contributed by atoms with E-state index in [9.17, 15) is 4.79 Å². The third-order valence-corrected chi connectivity index (χ3v) is 2.06. The van der Waals surface area contributed by atoms with Gasteiger partial charge in [0.1, 0.15) is 0 Å². The predicted molar refractivity (Wildman–Crippen MR) is 57.4 cm³/mol. The number of nitrogens with two attached hydrogens (primary N) is 1.